The molecular weight excluding hydrogens is 633 g/mol. The van der Waals surface area contributed by atoms with E-state index in [4.69, 9.17) is 14.4 Å². The summed E-state index contributed by atoms with van der Waals surface area (Å²) < 4.78 is 6.33. The van der Waals surface area contributed by atoms with E-state index in [1.165, 1.54) is 22.3 Å². The topological polar surface area (TPSA) is 38.9 Å². The molecule has 0 atom stereocenters. The van der Waals surface area contributed by atoms with Gasteiger partial charge < -0.3 is 4.42 Å². The van der Waals surface area contributed by atoms with Gasteiger partial charge in [-0.15, -0.1) is 0 Å². The summed E-state index contributed by atoms with van der Waals surface area (Å²) in [4.78, 5) is 10.6. The molecule has 0 saturated carbocycles. The Morgan fingerprint density at radius 2 is 1.02 bits per heavy atom. The third-order valence-electron chi connectivity index (χ3n) is 10.7. The number of hydrogen-bond donors (Lipinski definition) is 0. The maximum absolute atomic E-state index is 6.33. The molecule has 1 aliphatic rings. The van der Waals surface area contributed by atoms with Crippen molar-refractivity contribution < 1.29 is 4.42 Å². The first-order chi connectivity index (χ1) is 25.5. The summed E-state index contributed by atoms with van der Waals surface area (Å²) in [5.74, 6) is 0.701. The summed E-state index contributed by atoms with van der Waals surface area (Å²) in [5.41, 5.74) is 16.2. The third-order valence-corrected chi connectivity index (χ3v) is 10.7. The Morgan fingerprint density at radius 3 is 1.85 bits per heavy atom. The van der Waals surface area contributed by atoms with Gasteiger partial charge in [-0.2, -0.15) is 0 Å². The zero-order valence-corrected chi connectivity index (χ0v) is 29.0. The molecule has 0 fully saturated rings. The second kappa shape index (κ2) is 11.8. The van der Waals surface area contributed by atoms with Crippen molar-refractivity contribution in [3.63, 3.8) is 0 Å². The van der Waals surface area contributed by atoms with E-state index >= 15 is 0 Å². The van der Waals surface area contributed by atoms with E-state index in [1.807, 2.05) is 30.3 Å². The zero-order chi connectivity index (χ0) is 34.8. The van der Waals surface area contributed by atoms with Gasteiger partial charge in [0.05, 0.1) is 11.4 Å². The summed E-state index contributed by atoms with van der Waals surface area (Å²) in [5, 5.41) is 2.25. The average Bonchev–Trinajstić information content (AvgIpc) is 3.69. The number of aromatic nitrogens is 2. The maximum Gasteiger partial charge on any atom is 0.160 e. The van der Waals surface area contributed by atoms with Gasteiger partial charge in [-0.25, -0.2) is 9.97 Å². The number of nitrogens with zero attached hydrogens (tertiary/aromatic N) is 2. The number of furan rings is 1. The van der Waals surface area contributed by atoms with E-state index in [0.717, 1.165) is 72.3 Å². The summed E-state index contributed by atoms with van der Waals surface area (Å²) in [7, 11) is 0. The second-order valence-corrected chi connectivity index (χ2v) is 14.2. The Labute approximate surface area is 302 Å². The van der Waals surface area contributed by atoms with Crippen LogP contribution in [0, 0.1) is 0 Å². The normalized spacial score (nSPS) is 13.0. The standard InChI is InChI=1S/C49H34N2O/c1-49(2)41-21-11-9-19-39(41)47-40(20-13-22-42(47)49)44-30-43(50-48(51-44)32-16-7-4-8-17-32)36-27-34(31-14-5-3-6-15-31)26-35(28-36)33-24-25-38-37-18-10-12-23-45(37)52-46(38)29-33/h3-30H,1-2H3. The summed E-state index contributed by atoms with van der Waals surface area (Å²) in [6.07, 6.45) is 0. The van der Waals surface area contributed by atoms with Crippen molar-refractivity contribution in [2.24, 2.45) is 0 Å². The van der Waals surface area contributed by atoms with Gasteiger partial charge >= 0.3 is 0 Å². The Balaban J connectivity index is 1.21. The molecule has 0 amide bonds. The van der Waals surface area contributed by atoms with Gasteiger partial charge in [0.1, 0.15) is 11.2 Å². The van der Waals surface area contributed by atoms with Crippen LogP contribution >= 0.6 is 0 Å². The predicted octanol–water partition coefficient (Wildman–Crippen LogP) is 13.0. The molecule has 0 spiro atoms. The van der Waals surface area contributed by atoms with Crippen molar-refractivity contribution in [1.82, 2.24) is 9.97 Å². The fourth-order valence-electron chi connectivity index (χ4n) is 8.06. The van der Waals surface area contributed by atoms with Crippen LogP contribution in [-0.4, -0.2) is 9.97 Å². The minimum Gasteiger partial charge on any atom is -0.456 e. The zero-order valence-electron chi connectivity index (χ0n) is 29.0. The Morgan fingerprint density at radius 1 is 0.404 bits per heavy atom. The smallest absolute Gasteiger partial charge is 0.160 e. The van der Waals surface area contributed by atoms with Crippen LogP contribution in [0.3, 0.4) is 0 Å². The molecule has 0 saturated heterocycles. The van der Waals surface area contributed by atoms with Gasteiger partial charge in [-0.3, -0.25) is 0 Å². The average molecular weight is 667 g/mol. The first-order valence-electron chi connectivity index (χ1n) is 17.8. The molecule has 0 unspecified atom stereocenters. The van der Waals surface area contributed by atoms with Crippen molar-refractivity contribution in [2.75, 3.05) is 0 Å². The molecule has 0 bridgehead atoms. The summed E-state index contributed by atoms with van der Waals surface area (Å²) >= 11 is 0. The number of para-hydroxylation sites is 1. The van der Waals surface area contributed by atoms with E-state index in [1.54, 1.807) is 0 Å². The van der Waals surface area contributed by atoms with Crippen LogP contribution in [-0.2, 0) is 5.41 Å². The number of hydrogen-bond acceptors (Lipinski definition) is 3. The highest BCUT2D eigenvalue weighted by molar-refractivity contribution is 6.06. The maximum atomic E-state index is 6.33. The molecule has 0 N–H and O–H groups in total. The second-order valence-electron chi connectivity index (χ2n) is 14.2. The lowest BCUT2D eigenvalue weighted by Gasteiger charge is -2.21. The molecule has 7 aromatic carbocycles. The lowest BCUT2D eigenvalue weighted by molar-refractivity contribution is 0.660. The third kappa shape index (κ3) is 4.89. The molecule has 2 aromatic heterocycles. The molecule has 246 valence electrons. The van der Waals surface area contributed by atoms with E-state index in [0.29, 0.717) is 5.82 Å². The van der Waals surface area contributed by atoms with Crippen LogP contribution in [0.25, 0.3) is 89.2 Å². The highest BCUT2D eigenvalue weighted by atomic mass is 16.3. The van der Waals surface area contributed by atoms with Crippen molar-refractivity contribution in [3.05, 3.63) is 181 Å². The molecule has 1 aliphatic carbocycles. The van der Waals surface area contributed by atoms with E-state index < -0.39 is 0 Å². The van der Waals surface area contributed by atoms with Crippen molar-refractivity contribution in [1.29, 1.82) is 0 Å². The van der Waals surface area contributed by atoms with Crippen LogP contribution in [0.5, 0.6) is 0 Å². The van der Waals surface area contributed by atoms with Gasteiger partial charge in [-0.1, -0.05) is 141 Å². The number of benzene rings is 7. The highest BCUT2D eigenvalue weighted by Gasteiger charge is 2.36. The Kier molecular flexibility index (Phi) is 6.84. The highest BCUT2D eigenvalue weighted by Crippen LogP contribution is 2.52. The molecule has 9 aromatic rings. The first-order valence-corrected chi connectivity index (χ1v) is 17.8. The summed E-state index contributed by atoms with van der Waals surface area (Å²) in [6, 6.07) is 60.1. The van der Waals surface area contributed by atoms with Gasteiger partial charge in [0.2, 0.25) is 0 Å². The predicted molar refractivity (Wildman–Crippen MR) is 214 cm³/mol. The van der Waals surface area contributed by atoms with Gasteiger partial charge in [0.25, 0.3) is 0 Å². The molecule has 10 rings (SSSR count). The van der Waals surface area contributed by atoms with E-state index in [9.17, 15) is 0 Å². The largest absolute Gasteiger partial charge is 0.456 e. The SMILES string of the molecule is CC1(C)c2ccccc2-c2c(-c3cc(-c4cc(-c5ccccc5)cc(-c5ccc6c(c5)oc5ccccc56)c4)nc(-c4ccccc4)n3)cccc21. The lowest BCUT2D eigenvalue weighted by atomic mass is 9.82. The molecule has 0 aliphatic heterocycles. The van der Waals surface area contributed by atoms with E-state index in [-0.39, 0.29) is 5.41 Å². The molecule has 3 heteroatoms. The van der Waals surface area contributed by atoms with Crippen LogP contribution in [0.1, 0.15) is 25.0 Å². The van der Waals surface area contributed by atoms with Crippen molar-refractivity contribution >= 4 is 21.9 Å². The molecular formula is C49H34N2O. The fourth-order valence-corrected chi connectivity index (χ4v) is 8.06. The van der Waals surface area contributed by atoms with Crippen LogP contribution in [0.15, 0.2) is 174 Å². The van der Waals surface area contributed by atoms with Crippen molar-refractivity contribution in [2.45, 2.75) is 19.3 Å². The first kappa shape index (κ1) is 30.3. The molecule has 0 radical (unpaired) electrons. The monoisotopic (exact) mass is 666 g/mol. The van der Waals surface area contributed by atoms with Gasteiger partial charge in [0.15, 0.2) is 5.82 Å². The lowest BCUT2D eigenvalue weighted by Crippen LogP contribution is -2.14. The Hall–Kier alpha value is -6.58. The summed E-state index contributed by atoms with van der Waals surface area (Å²) in [6.45, 7) is 4.64. The van der Waals surface area contributed by atoms with Crippen molar-refractivity contribution in [3.8, 4) is 67.3 Å². The minimum absolute atomic E-state index is 0.111. The van der Waals surface area contributed by atoms with Crippen LogP contribution < -0.4 is 0 Å². The number of fused-ring (bicyclic) bond motifs is 6. The van der Waals surface area contributed by atoms with Gasteiger partial charge in [0, 0.05) is 32.9 Å². The number of rotatable bonds is 5. The molecule has 2 heterocycles. The molecule has 3 nitrogen and oxygen atoms in total. The van der Waals surface area contributed by atoms with E-state index in [2.05, 4.69) is 153 Å². The molecule has 52 heavy (non-hydrogen) atoms. The van der Waals surface area contributed by atoms with Crippen LogP contribution in [0.2, 0.25) is 0 Å². The minimum atomic E-state index is -0.111. The fraction of sp³-hybridized carbons (Fsp3) is 0.0612. The quantitative estimate of drug-likeness (QED) is 0.183. The van der Waals surface area contributed by atoms with Gasteiger partial charge in [-0.05, 0) is 87.0 Å². The van der Waals surface area contributed by atoms with Crippen LogP contribution in [0.4, 0.5) is 0 Å². The Bertz CT molecular complexity index is 2810.